The Bertz CT molecular complexity index is 509. The molecule has 0 amide bonds. The smallest absolute Gasteiger partial charge is 0.306 e. The Morgan fingerprint density at radius 2 is 2.05 bits per heavy atom. The van der Waals surface area contributed by atoms with Gasteiger partial charge in [-0.05, 0) is 17.7 Å². The van der Waals surface area contributed by atoms with E-state index in [1.54, 1.807) is 0 Å². The molecule has 1 aromatic rings. The standard InChI is InChI=1S/C15H21NO5/c1-16(2,3)8-12(7-15(17)18)19-9-11-4-5-13-14(6-11)21-10-20-13/h4-6,12H,7-10H2,1-3H3/p+1. The molecule has 0 aromatic heterocycles. The van der Waals surface area contributed by atoms with Crippen molar-refractivity contribution < 1.29 is 28.6 Å². The Morgan fingerprint density at radius 3 is 2.71 bits per heavy atom. The lowest BCUT2D eigenvalue weighted by molar-refractivity contribution is -0.873. The van der Waals surface area contributed by atoms with Crippen molar-refractivity contribution in [3.8, 4) is 11.5 Å². The Kier molecular flexibility index (Phi) is 4.69. The summed E-state index contributed by atoms with van der Waals surface area (Å²) in [5, 5.41) is 8.98. The van der Waals surface area contributed by atoms with E-state index in [0.717, 1.165) is 11.3 Å². The molecule has 1 atom stereocenters. The van der Waals surface area contributed by atoms with Crippen molar-refractivity contribution in [1.82, 2.24) is 0 Å². The van der Waals surface area contributed by atoms with Crippen molar-refractivity contribution in [2.45, 2.75) is 19.1 Å². The Labute approximate surface area is 124 Å². The van der Waals surface area contributed by atoms with Crippen LogP contribution in [0.5, 0.6) is 11.5 Å². The topological polar surface area (TPSA) is 65.0 Å². The number of likely N-dealkylation sites (N-methyl/N-ethyl adjacent to an activating group) is 1. The number of hydrogen-bond donors (Lipinski definition) is 1. The lowest BCUT2D eigenvalue weighted by Gasteiger charge is -2.28. The molecule has 0 bridgehead atoms. The third-order valence-electron chi connectivity index (χ3n) is 3.08. The molecule has 1 unspecified atom stereocenters. The molecular formula is C15H22NO5+. The van der Waals surface area contributed by atoms with Gasteiger partial charge >= 0.3 is 5.97 Å². The molecule has 6 heteroatoms. The van der Waals surface area contributed by atoms with Crippen LogP contribution in [0.15, 0.2) is 18.2 Å². The van der Waals surface area contributed by atoms with Crippen LogP contribution in [0.3, 0.4) is 0 Å². The highest BCUT2D eigenvalue weighted by molar-refractivity contribution is 5.67. The molecule has 21 heavy (non-hydrogen) atoms. The molecule has 0 saturated heterocycles. The van der Waals surface area contributed by atoms with Gasteiger partial charge in [0, 0.05) is 0 Å². The minimum absolute atomic E-state index is 0.0000713. The summed E-state index contributed by atoms with van der Waals surface area (Å²) in [6.07, 6.45) is -0.326. The number of carbonyl (C=O) groups is 1. The van der Waals surface area contributed by atoms with Gasteiger partial charge in [0.05, 0.1) is 34.2 Å². The number of quaternary nitrogens is 1. The van der Waals surface area contributed by atoms with Crippen molar-refractivity contribution in [3.63, 3.8) is 0 Å². The maximum atomic E-state index is 10.9. The third kappa shape index (κ3) is 4.91. The number of carboxylic acid groups (broad SMARTS) is 1. The predicted molar refractivity (Wildman–Crippen MR) is 76.3 cm³/mol. The van der Waals surface area contributed by atoms with Crippen LogP contribution in [0, 0.1) is 0 Å². The Morgan fingerprint density at radius 1 is 1.33 bits per heavy atom. The van der Waals surface area contributed by atoms with E-state index in [9.17, 15) is 4.79 Å². The van der Waals surface area contributed by atoms with Gasteiger partial charge in [0.25, 0.3) is 0 Å². The van der Waals surface area contributed by atoms with Crippen LogP contribution in [-0.4, -0.2) is 56.1 Å². The summed E-state index contributed by atoms with van der Waals surface area (Å²) in [4.78, 5) is 10.9. The molecule has 0 radical (unpaired) electrons. The van der Waals surface area contributed by atoms with Crippen LogP contribution >= 0.6 is 0 Å². The van der Waals surface area contributed by atoms with Gasteiger partial charge in [-0.15, -0.1) is 0 Å². The van der Waals surface area contributed by atoms with E-state index in [0.29, 0.717) is 23.4 Å². The number of ether oxygens (including phenoxy) is 3. The molecule has 1 aromatic carbocycles. The highest BCUT2D eigenvalue weighted by atomic mass is 16.7. The second-order valence-corrected chi connectivity index (χ2v) is 6.19. The summed E-state index contributed by atoms with van der Waals surface area (Å²) < 4.78 is 17.0. The molecule has 0 spiro atoms. The summed E-state index contributed by atoms with van der Waals surface area (Å²) >= 11 is 0. The van der Waals surface area contributed by atoms with Gasteiger partial charge in [0.1, 0.15) is 12.6 Å². The molecule has 1 N–H and O–H groups in total. The van der Waals surface area contributed by atoms with E-state index >= 15 is 0 Å². The number of fused-ring (bicyclic) bond motifs is 1. The second kappa shape index (κ2) is 6.32. The molecule has 6 nitrogen and oxygen atoms in total. The first kappa shape index (κ1) is 15.6. The van der Waals surface area contributed by atoms with E-state index in [-0.39, 0.29) is 19.3 Å². The van der Waals surface area contributed by atoms with E-state index in [1.807, 2.05) is 39.3 Å². The molecule has 1 heterocycles. The summed E-state index contributed by atoms with van der Waals surface area (Å²) in [6, 6.07) is 5.61. The van der Waals surface area contributed by atoms with Crippen molar-refractivity contribution in [2.75, 3.05) is 34.5 Å². The van der Waals surface area contributed by atoms with Gasteiger partial charge in [0.2, 0.25) is 6.79 Å². The van der Waals surface area contributed by atoms with Crippen LogP contribution in [0.1, 0.15) is 12.0 Å². The number of benzene rings is 1. The molecule has 1 aliphatic heterocycles. The van der Waals surface area contributed by atoms with E-state index in [2.05, 4.69) is 0 Å². The summed E-state index contributed by atoms with van der Waals surface area (Å²) in [5.74, 6) is 0.587. The van der Waals surface area contributed by atoms with Gasteiger partial charge < -0.3 is 23.8 Å². The van der Waals surface area contributed by atoms with Crippen molar-refractivity contribution in [2.24, 2.45) is 0 Å². The van der Waals surface area contributed by atoms with Crippen molar-refractivity contribution in [3.05, 3.63) is 23.8 Å². The Hall–Kier alpha value is -1.79. The summed E-state index contributed by atoms with van der Waals surface area (Å²) in [7, 11) is 6.04. The number of carboxylic acids is 1. The zero-order valence-electron chi connectivity index (χ0n) is 12.7. The maximum Gasteiger partial charge on any atom is 0.306 e. The van der Waals surface area contributed by atoms with Crippen LogP contribution in [-0.2, 0) is 16.1 Å². The van der Waals surface area contributed by atoms with E-state index in [4.69, 9.17) is 19.3 Å². The summed E-state index contributed by atoms with van der Waals surface area (Å²) in [5.41, 5.74) is 0.941. The zero-order chi connectivity index (χ0) is 15.5. The first-order chi connectivity index (χ1) is 9.83. The number of nitrogens with zero attached hydrogens (tertiary/aromatic N) is 1. The molecule has 0 fully saturated rings. The van der Waals surface area contributed by atoms with Crippen LogP contribution in [0.25, 0.3) is 0 Å². The summed E-state index contributed by atoms with van der Waals surface area (Å²) in [6.45, 7) is 1.23. The van der Waals surface area contributed by atoms with Gasteiger partial charge in [-0.3, -0.25) is 4.79 Å². The van der Waals surface area contributed by atoms with E-state index < -0.39 is 5.97 Å². The Balaban J connectivity index is 1.95. The largest absolute Gasteiger partial charge is 0.481 e. The zero-order valence-corrected chi connectivity index (χ0v) is 12.7. The lowest BCUT2D eigenvalue weighted by Crippen LogP contribution is -2.43. The highest BCUT2D eigenvalue weighted by Crippen LogP contribution is 2.32. The van der Waals surface area contributed by atoms with E-state index in [1.165, 1.54) is 0 Å². The number of rotatable bonds is 7. The third-order valence-corrected chi connectivity index (χ3v) is 3.08. The molecule has 1 aliphatic rings. The fourth-order valence-corrected chi connectivity index (χ4v) is 2.23. The highest BCUT2D eigenvalue weighted by Gasteiger charge is 2.22. The minimum atomic E-state index is -0.848. The fraction of sp³-hybridized carbons (Fsp3) is 0.533. The monoisotopic (exact) mass is 296 g/mol. The van der Waals surface area contributed by atoms with Crippen molar-refractivity contribution >= 4 is 5.97 Å². The molecule has 0 aliphatic carbocycles. The molecule has 0 saturated carbocycles. The number of hydrogen-bond acceptors (Lipinski definition) is 4. The van der Waals surface area contributed by atoms with Gasteiger partial charge in [0.15, 0.2) is 11.5 Å². The van der Waals surface area contributed by atoms with Gasteiger partial charge in [-0.2, -0.15) is 0 Å². The molecule has 2 rings (SSSR count). The second-order valence-electron chi connectivity index (χ2n) is 6.19. The average molecular weight is 296 g/mol. The lowest BCUT2D eigenvalue weighted by atomic mass is 10.2. The maximum absolute atomic E-state index is 10.9. The SMILES string of the molecule is C[N+](C)(C)CC(CC(=O)O)OCc1ccc2c(c1)OCO2. The van der Waals surface area contributed by atoms with Crippen LogP contribution in [0.4, 0.5) is 0 Å². The quantitative estimate of drug-likeness (QED) is 0.772. The molecular weight excluding hydrogens is 274 g/mol. The minimum Gasteiger partial charge on any atom is -0.481 e. The van der Waals surface area contributed by atoms with Crippen molar-refractivity contribution in [1.29, 1.82) is 0 Å². The molecule has 116 valence electrons. The number of aliphatic carboxylic acids is 1. The normalized spacial score (nSPS) is 15.0. The van der Waals surface area contributed by atoms with Gasteiger partial charge in [-0.1, -0.05) is 6.07 Å². The predicted octanol–water partition coefficient (Wildman–Crippen LogP) is 1.48. The van der Waals surface area contributed by atoms with Crippen LogP contribution < -0.4 is 9.47 Å². The average Bonchev–Trinajstić information content (AvgIpc) is 2.80. The first-order valence-electron chi connectivity index (χ1n) is 6.86. The first-order valence-corrected chi connectivity index (χ1v) is 6.86. The van der Waals surface area contributed by atoms with Crippen LogP contribution in [0.2, 0.25) is 0 Å². The van der Waals surface area contributed by atoms with Gasteiger partial charge in [-0.25, -0.2) is 0 Å². The fourth-order valence-electron chi connectivity index (χ4n) is 2.23.